The number of ether oxygens (including phenoxy) is 8. The maximum Gasteiger partial charge on any atom is 0.115 e. The van der Waals surface area contributed by atoms with Gasteiger partial charge >= 0.3 is 0 Å². The van der Waals surface area contributed by atoms with Crippen LogP contribution >= 0.6 is 0 Å². The van der Waals surface area contributed by atoms with Gasteiger partial charge in [-0.05, 0) is 12.8 Å². The van der Waals surface area contributed by atoms with E-state index in [1.165, 1.54) is 7.11 Å². The van der Waals surface area contributed by atoms with E-state index in [0.29, 0.717) is 6.42 Å². The van der Waals surface area contributed by atoms with Crippen LogP contribution in [0.2, 0.25) is 0 Å². The van der Waals surface area contributed by atoms with Gasteiger partial charge in [-0.15, -0.1) is 0 Å². The molecule has 4 fully saturated rings. The second-order valence-electron chi connectivity index (χ2n) is 13.4. The number of hydrogen-bond acceptors (Lipinski definition) is 20. The minimum atomic E-state index is -1.60. The Balaban J connectivity index is 1.45. The molecule has 20 nitrogen and oxygen atoms in total. The molecule has 0 saturated carbocycles. The van der Waals surface area contributed by atoms with E-state index < -0.39 is 155 Å². The fourth-order valence-corrected chi connectivity index (χ4v) is 6.99. The molecule has 51 heavy (non-hydrogen) atoms. The number of rotatable bonds is 16. The summed E-state index contributed by atoms with van der Waals surface area (Å²) < 4.78 is 45.2. The third-order valence-corrected chi connectivity index (χ3v) is 10.1. The van der Waals surface area contributed by atoms with Crippen LogP contribution in [0.25, 0.3) is 0 Å². The van der Waals surface area contributed by atoms with E-state index in [1.54, 1.807) is 6.92 Å². The lowest BCUT2D eigenvalue weighted by molar-refractivity contribution is -0.286. The number of methoxy groups -OCH3 is 1. The average molecular weight is 749 g/mol. The fraction of sp³-hybridized carbons (Fsp3) is 1.00. The van der Waals surface area contributed by atoms with Gasteiger partial charge in [-0.25, -0.2) is 0 Å². The van der Waals surface area contributed by atoms with Crippen molar-refractivity contribution in [2.75, 3.05) is 53.4 Å². The van der Waals surface area contributed by atoms with Crippen molar-refractivity contribution in [3.63, 3.8) is 0 Å². The Hall–Kier alpha value is -0.800. The van der Waals surface area contributed by atoms with Crippen molar-refractivity contribution in [3.05, 3.63) is 0 Å². The van der Waals surface area contributed by atoms with Crippen LogP contribution in [0.1, 0.15) is 19.8 Å². The first-order chi connectivity index (χ1) is 24.3. The number of hydrogen-bond donors (Lipinski definition) is 12. The second kappa shape index (κ2) is 19.7. The average Bonchev–Trinajstić information content (AvgIpc) is 3.12. The summed E-state index contributed by atoms with van der Waals surface area (Å²) in [6, 6.07) is 0. The Kier molecular flexibility index (Phi) is 16.6. The molecule has 12 N–H and O–H groups in total. The van der Waals surface area contributed by atoms with E-state index in [2.05, 4.69) is 0 Å². The Labute approximate surface area is 294 Å². The molecule has 0 spiro atoms. The van der Waals surface area contributed by atoms with Crippen LogP contribution < -0.4 is 0 Å². The molecule has 4 aliphatic rings. The highest BCUT2D eigenvalue weighted by Gasteiger charge is 2.50. The van der Waals surface area contributed by atoms with Gasteiger partial charge in [-0.3, -0.25) is 0 Å². The summed E-state index contributed by atoms with van der Waals surface area (Å²) in [5, 5.41) is 124. The third-order valence-electron chi connectivity index (χ3n) is 10.1. The molecule has 20 heteroatoms. The molecular weight excluding hydrogens is 692 g/mol. The summed E-state index contributed by atoms with van der Waals surface area (Å²) in [5.74, 6) is 0. The molecule has 300 valence electrons. The van der Waals surface area contributed by atoms with E-state index in [0.717, 1.165) is 0 Å². The highest BCUT2D eigenvalue weighted by Crippen LogP contribution is 2.30. The lowest BCUT2D eigenvalue weighted by Gasteiger charge is -2.46. The number of aliphatic hydroxyl groups is 12. The molecule has 4 heterocycles. The summed E-state index contributed by atoms with van der Waals surface area (Å²) >= 11 is 0. The van der Waals surface area contributed by atoms with E-state index >= 15 is 0 Å². The minimum absolute atomic E-state index is 0.00104. The molecule has 0 bridgehead atoms. The van der Waals surface area contributed by atoms with Gasteiger partial charge < -0.3 is 99.2 Å². The van der Waals surface area contributed by atoms with E-state index in [4.69, 9.17) is 37.9 Å². The van der Waals surface area contributed by atoms with Crippen LogP contribution in [-0.4, -0.2) is 237 Å². The summed E-state index contributed by atoms with van der Waals surface area (Å²) in [4.78, 5) is 0. The van der Waals surface area contributed by atoms with Crippen LogP contribution in [0.3, 0.4) is 0 Å². The summed E-state index contributed by atoms with van der Waals surface area (Å²) in [5.41, 5.74) is 0. The number of aliphatic hydroxyl groups excluding tert-OH is 12. The normalized spacial score (nSPS) is 48.1. The smallest absolute Gasteiger partial charge is 0.115 e. The second-order valence-corrected chi connectivity index (χ2v) is 13.4. The van der Waals surface area contributed by atoms with Gasteiger partial charge in [0.05, 0.1) is 51.8 Å². The topological polar surface area (TPSA) is 317 Å². The van der Waals surface area contributed by atoms with Crippen molar-refractivity contribution in [3.8, 4) is 0 Å². The van der Waals surface area contributed by atoms with Crippen LogP contribution in [-0.2, 0) is 37.9 Å². The molecule has 4 aliphatic heterocycles. The van der Waals surface area contributed by atoms with Gasteiger partial charge in [0, 0.05) is 13.7 Å². The SMILES string of the molecule is CCC1OC(CO)C(O)C(OCC2OC(COCCC3OC(CO)C(O)C(O)C3O)C(O)C(OCC3OC(CO)C(O)C(OC)C3O)C2O)C1O. The van der Waals surface area contributed by atoms with Gasteiger partial charge in [0.25, 0.3) is 0 Å². The van der Waals surface area contributed by atoms with Gasteiger partial charge in [0.15, 0.2) is 0 Å². The maximum atomic E-state index is 11.3. The highest BCUT2D eigenvalue weighted by molar-refractivity contribution is 4.98. The van der Waals surface area contributed by atoms with Crippen LogP contribution in [0.15, 0.2) is 0 Å². The van der Waals surface area contributed by atoms with Crippen molar-refractivity contribution < 1.29 is 99.2 Å². The molecule has 0 aliphatic carbocycles. The summed E-state index contributed by atoms with van der Waals surface area (Å²) in [6.07, 6.45) is -25.5. The van der Waals surface area contributed by atoms with Crippen molar-refractivity contribution in [2.45, 2.75) is 142 Å². The Morgan fingerprint density at radius 3 is 1.31 bits per heavy atom. The zero-order valence-corrected chi connectivity index (χ0v) is 28.5. The zero-order valence-electron chi connectivity index (χ0n) is 28.5. The molecule has 0 radical (unpaired) electrons. The standard InChI is InChI=1S/C31H56O20/c1-3-12-22(37)30(24(39)16(8-34)48-12)46-11-19-27(42)31(47-10-18-25(40)29(44-2)23(38)15(7-33)50-18)26(41)17(51-19)9-45-5-4-13-20(35)28(43)21(36)14(6-32)49-13/h12-43H,3-11H2,1-2H3. The first-order valence-corrected chi connectivity index (χ1v) is 17.2. The minimum Gasteiger partial charge on any atom is -0.394 e. The molecule has 0 aromatic carbocycles. The predicted molar refractivity (Wildman–Crippen MR) is 166 cm³/mol. The van der Waals surface area contributed by atoms with Crippen molar-refractivity contribution >= 4 is 0 Å². The van der Waals surface area contributed by atoms with Gasteiger partial charge in [0.2, 0.25) is 0 Å². The molecule has 0 aromatic rings. The summed E-state index contributed by atoms with van der Waals surface area (Å²) in [7, 11) is 1.26. The third kappa shape index (κ3) is 9.72. The van der Waals surface area contributed by atoms with Gasteiger partial charge in [-0.1, -0.05) is 6.92 Å². The van der Waals surface area contributed by atoms with E-state index in [9.17, 15) is 61.3 Å². The Bertz CT molecular complexity index is 996. The van der Waals surface area contributed by atoms with E-state index in [1.807, 2.05) is 0 Å². The molecule has 20 unspecified atom stereocenters. The molecule has 20 atom stereocenters. The largest absolute Gasteiger partial charge is 0.394 e. The monoisotopic (exact) mass is 748 g/mol. The molecule has 0 amide bonds. The quantitative estimate of drug-likeness (QED) is 0.0653. The molecular formula is C31H56O20. The Morgan fingerprint density at radius 2 is 0.804 bits per heavy atom. The maximum absolute atomic E-state index is 11.3. The first-order valence-electron chi connectivity index (χ1n) is 17.2. The zero-order chi connectivity index (χ0) is 37.6. The first kappa shape index (κ1) is 42.9. The Morgan fingerprint density at radius 1 is 0.431 bits per heavy atom. The van der Waals surface area contributed by atoms with Crippen molar-refractivity contribution in [1.82, 2.24) is 0 Å². The predicted octanol–water partition coefficient (Wildman–Crippen LogP) is -7.12. The van der Waals surface area contributed by atoms with Gasteiger partial charge in [-0.2, -0.15) is 0 Å². The highest BCUT2D eigenvalue weighted by atomic mass is 16.6. The van der Waals surface area contributed by atoms with Crippen molar-refractivity contribution in [2.24, 2.45) is 0 Å². The van der Waals surface area contributed by atoms with Crippen molar-refractivity contribution in [1.29, 1.82) is 0 Å². The van der Waals surface area contributed by atoms with Gasteiger partial charge in [0.1, 0.15) is 110 Å². The lowest BCUT2D eigenvalue weighted by atomic mass is 9.92. The van der Waals surface area contributed by atoms with E-state index in [-0.39, 0.29) is 19.6 Å². The summed E-state index contributed by atoms with van der Waals surface area (Å²) in [6.45, 7) is -1.35. The van der Waals surface area contributed by atoms with Crippen LogP contribution in [0.5, 0.6) is 0 Å². The molecule has 4 saturated heterocycles. The van der Waals surface area contributed by atoms with Crippen LogP contribution in [0, 0.1) is 0 Å². The molecule has 4 rings (SSSR count). The fourth-order valence-electron chi connectivity index (χ4n) is 6.99. The lowest BCUT2D eigenvalue weighted by Crippen LogP contribution is -2.64. The molecule has 0 aromatic heterocycles. The van der Waals surface area contributed by atoms with Crippen LogP contribution in [0.4, 0.5) is 0 Å².